The number of hydrogen-bond donors (Lipinski definition) is 0. The van der Waals surface area contributed by atoms with Crippen molar-refractivity contribution in [3.05, 3.63) is 58.0 Å². The van der Waals surface area contributed by atoms with Gasteiger partial charge in [0, 0.05) is 24.4 Å². The Kier molecular flexibility index (Phi) is 4.53. The molecule has 0 saturated heterocycles. The van der Waals surface area contributed by atoms with Crippen molar-refractivity contribution in [1.29, 1.82) is 0 Å². The van der Waals surface area contributed by atoms with Crippen LogP contribution in [0, 0.1) is 0 Å². The van der Waals surface area contributed by atoms with Gasteiger partial charge in [0.25, 0.3) is 5.56 Å². The van der Waals surface area contributed by atoms with Crippen LogP contribution < -0.4 is 5.56 Å². The van der Waals surface area contributed by atoms with Crippen molar-refractivity contribution in [3.63, 3.8) is 0 Å². The molecule has 1 fully saturated rings. The second-order valence-electron chi connectivity index (χ2n) is 6.04. The van der Waals surface area contributed by atoms with E-state index in [2.05, 4.69) is 10.1 Å². The highest BCUT2D eigenvalue weighted by atomic mass is 32.2. The molecule has 0 amide bonds. The smallest absolute Gasteiger partial charge is 0.345 e. The van der Waals surface area contributed by atoms with E-state index in [0.29, 0.717) is 10.8 Å². The first-order valence-corrected chi connectivity index (χ1v) is 9.26. The molecular weight excluding hydrogens is 370 g/mol. The van der Waals surface area contributed by atoms with Crippen molar-refractivity contribution in [2.45, 2.75) is 30.6 Å². The summed E-state index contributed by atoms with van der Waals surface area (Å²) in [5.74, 6) is 0.363. The molecule has 0 aromatic carbocycles. The van der Waals surface area contributed by atoms with Crippen molar-refractivity contribution in [1.82, 2.24) is 14.5 Å². The Labute approximate surface area is 157 Å². The molecule has 3 heterocycles. The molecule has 0 spiro atoms. The second kappa shape index (κ2) is 6.99. The minimum Gasteiger partial charge on any atom is -0.462 e. The van der Waals surface area contributed by atoms with Gasteiger partial charge in [0.1, 0.15) is 11.3 Å². The van der Waals surface area contributed by atoms with Crippen LogP contribution in [0.2, 0.25) is 0 Å². The zero-order chi connectivity index (χ0) is 19.0. The first-order valence-electron chi connectivity index (χ1n) is 8.44. The molecule has 27 heavy (non-hydrogen) atoms. The number of thioether (sulfide) groups is 1. The maximum atomic E-state index is 12.5. The van der Waals surface area contributed by atoms with E-state index in [1.807, 2.05) is 0 Å². The Morgan fingerprint density at radius 3 is 2.96 bits per heavy atom. The predicted molar refractivity (Wildman–Crippen MR) is 96.1 cm³/mol. The van der Waals surface area contributed by atoms with Crippen molar-refractivity contribution < 1.29 is 18.8 Å². The Morgan fingerprint density at radius 1 is 1.41 bits per heavy atom. The van der Waals surface area contributed by atoms with Crippen LogP contribution in [0.5, 0.6) is 0 Å². The molecule has 1 aliphatic carbocycles. The number of aromatic nitrogens is 3. The molecule has 4 rings (SSSR count). The molecule has 3 aromatic heterocycles. The largest absolute Gasteiger partial charge is 0.462 e. The maximum absolute atomic E-state index is 12.5. The average molecular weight is 385 g/mol. The van der Waals surface area contributed by atoms with Crippen LogP contribution >= 0.6 is 11.8 Å². The monoisotopic (exact) mass is 385 g/mol. The van der Waals surface area contributed by atoms with Crippen LogP contribution in [0.1, 0.15) is 52.3 Å². The van der Waals surface area contributed by atoms with Gasteiger partial charge in [-0.3, -0.25) is 14.0 Å². The first kappa shape index (κ1) is 17.5. The lowest BCUT2D eigenvalue weighted by Crippen LogP contribution is -2.24. The lowest BCUT2D eigenvalue weighted by atomic mass is 10.3. The van der Waals surface area contributed by atoms with E-state index in [-0.39, 0.29) is 28.6 Å². The van der Waals surface area contributed by atoms with Crippen LogP contribution in [-0.4, -0.2) is 32.2 Å². The van der Waals surface area contributed by atoms with Gasteiger partial charge in [-0.2, -0.15) is 0 Å². The van der Waals surface area contributed by atoms with Gasteiger partial charge in [-0.25, -0.2) is 9.78 Å². The van der Waals surface area contributed by atoms with Crippen LogP contribution in [-0.2, 0) is 4.74 Å². The number of carbonyl (C=O) groups is 2. The lowest BCUT2D eigenvalue weighted by molar-refractivity contribution is 0.0523. The lowest BCUT2D eigenvalue weighted by Gasteiger charge is -2.07. The van der Waals surface area contributed by atoms with Gasteiger partial charge in [0.15, 0.2) is 11.3 Å². The van der Waals surface area contributed by atoms with Crippen molar-refractivity contribution >= 4 is 28.5 Å². The fourth-order valence-corrected chi connectivity index (χ4v) is 3.40. The summed E-state index contributed by atoms with van der Waals surface area (Å²) in [4.78, 5) is 41.6. The normalized spacial score (nSPS) is 13.7. The molecule has 0 unspecified atom stereocenters. The summed E-state index contributed by atoms with van der Waals surface area (Å²) in [7, 11) is 0. The van der Waals surface area contributed by atoms with Crippen molar-refractivity contribution in [3.8, 4) is 0 Å². The Hall–Kier alpha value is -2.94. The second-order valence-corrected chi connectivity index (χ2v) is 7.06. The zero-order valence-corrected chi connectivity index (χ0v) is 15.2. The molecule has 1 aliphatic rings. The van der Waals surface area contributed by atoms with Gasteiger partial charge in [-0.1, -0.05) is 5.16 Å². The van der Waals surface area contributed by atoms with E-state index >= 15 is 0 Å². The number of hydrogen-bond acceptors (Lipinski definition) is 8. The molecule has 1 saturated carbocycles. The summed E-state index contributed by atoms with van der Waals surface area (Å²) in [5, 5.41) is 3.53. The third-order valence-corrected chi connectivity index (χ3v) is 5.04. The van der Waals surface area contributed by atoms with Crippen molar-refractivity contribution in [2.24, 2.45) is 0 Å². The van der Waals surface area contributed by atoms with Gasteiger partial charge in [0.05, 0.1) is 11.5 Å². The molecule has 0 aliphatic heterocycles. The highest BCUT2D eigenvalue weighted by Crippen LogP contribution is 2.40. The first-order chi connectivity index (χ1) is 13.1. The van der Waals surface area contributed by atoms with E-state index < -0.39 is 11.5 Å². The Balaban J connectivity index is 1.65. The molecule has 8 nitrogen and oxygen atoms in total. The van der Waals surface area contributed by atoms with Gasteiger partial charge in [0.2, 0.25) is 5.12 Å². The van der Waals surface area contributed by atoms with E-state index in [0.717, 1.165) is 30.4 Å². The molecule has 0 atom stereocenters. The van der Waals surface area contributed by atoms with E-state index in [1.165, 1.54) is 16.8 Å². The van der Waals surface area contributed by atoms with Crippen molar-refractivity contribution in [2.75, 3.05) is 6.61 Å². The molecule has 0 radical (unpaired) electrons. The third kappa shape index (κ3) is 3.37. The van der Waals surface area contributed by atoms with Gasteiger partial charge >= 0.3 is 5.97 Å². The molecule has 0 bridgehead atoms. The number of pyridine rings is 1. The van der Waals surface area contributed by atoms with Gasteiger partial charge in [-0.05, 0) is 43.7 Å². The van der Waals surface area contributed by atoms with Gasteiger partial charge < -0.3 is 9.26 Å². The number of ether oxygens (including phenoxy) is 1. The topological polar surface area (TPSA) is 104 Å². The zero-order valence-electron chi connectivity index (χ0n) is 14.4. The maximum Gasteiger partial charge on any atom is 0.345 e. The number of fused-ring (bicyclic) bond motifs is 1. The highest BCUT2D eigenvalue weighted by molar-refractivity contribution is 8.14. The standard InChI is InChI=1S/C18H15N3O5S/c1-2-25-17(23)11-9-19-15-14(4-3-7-21(15)16(11)22)27-18(24)12-8-13(26-20-12)10-5-6-10/h3-4,7-10H,2,5-6H2,1H3. The molecule has 9 heteroatoms. The van der Waals surface area contributed by atoms with Crippen LogP contribution in [0.4, 0.5) is 0 Å². The number of carbonyl (C=O) groups excluding carboxylic acids is 2. The fourth-order valence-electron chi connectivity index (χ4n) is 2.61. The quantitative estimate of drug-likeness (QED) is 0.488. The molecule has 0 N–H and O–H groups in total. The Bertz CT molecular complexity index is 1100. The van der Waals surface area contributed by atoms with Gasteiger partial charge in [-0.15, -0.1) is 0 Å². The van der Waals surface area contributed by atoms with Crippen LogP contribution in [0.3, 0.4) is 0 Å². The summed E-state index contributed by atoms with van der Waals surface area (Å²) < 4.78 is 11.3. The van der Waals surface area contributed by atoms with E-state index in [4.69, 9.17) is 9.26 Å². The third-order valence-electron chi connectivity index (χ3n) is 4.11. The Morgan fingerprint density at radius 2 is 2.22 bits per heavy atom. The van der Waals surface area contributed by atoms with Crippen LogP contribution in [0.15, 0.2) is 44.8 Å². The SMILES string of the molecule is CCOC(=O)c1cnc2c(SC(=O)c3cc(C4CC4)on3)cccn2c1=O. The number of rotatable bonds is 5. The van der Waals surface area contributed by atoms with E-state index in [9.17, 15) is 14.4 Å². The fraction of sp³-hybridized carbons (Fsp3) is 0.278. The summed E-state index contributed by atoms with van der Waals surface area (Å²) in [6.45, 7) is 1.81. The summed E-state index contributed by atoms with van der Waals surface area (Å²) in [5.41, 5.74) is -0.201. The highest BCUT2D eigenvalue weighted by Gasteiger charge is 2.29. The predicted octanol–water partition coefficient (Wildman–Crippen LogP) is 2.67. The number of nitrogens with zero attached hydrogens (tertiary/aromatic N) is 3. The van der Waals surface area contributed by atoms with Crippen LogP contribution in [0.25, 0.3) is 5.65 Å². The molecule has 138 valence electrons. The van der Waals surface area contributed by atoms with E-state index in [1.54, 1.807) is 25.1 Å². The minimum atomic E-state index is -0.728. The summed E-state index contributed by atoms with van der Waals surface area (Å²) >= 11 is 0.905. The summed E-state index contributed by atoms with van der Waals surface area (Å²) in [6.07, 6.45) is 4.76. The molecule has 3 aromatic rings. The average Bonchev–Trinajstić information content (AvgIpc) is 3.39. The number of esters is 1. The minimum absolute atomic E-state index is 0.159. The molecular formula is C18H15N3O5S. The summed E-state index contributed by atoms with van der Waals surface area (Å²) in [6, 6.07) is 4.95.